The molecule has 0 aliphatic carbocycles. The average molecular weight is 417 g/mol. The predicted octanol–water partition coefficient (Wildman–Crippen LogP) is 2.58. The molecule has 164 valence electrons. The first-order valence-electron chi connectivity index (χ1n) is 10.2. The van der Waals surface area contributed by atoms with Gasteiger partial charge in [0, 0.05) is 12.1 Å². The molecule has 2 rings (SSSR count). The van der Waals surface area contributed by atoms with Gasteiger partial charge in [-0.1, -0.05) is 39.8 Å². The van der Waals surface area contributed by atoms with Gasteiger partial charge in [-0.15, -0.1) is 5.10 Å². The molecule has 1 amide bonds. The second kappa shape index (κ2) is 10.3. The Balaban J connectivity index is 2.22. The van der Waals surface area contributed by atoms with Gasteiger partial charge < -0.3 is 14.6 Å². The fourth-order valence-electron chi connectivity index (χ4n) is 3.14. The maximum atomic E-state index is 13.0. The number of aromatic nitrogens is 2. The summed E-state index contributed by atoms with van der Waals surface area (Å²) >= 11 is 0. The van der Waals surface area contributed by atoms with Gasteiger partial charge in [0.05, 0.1) is 12.6 Å². The number of nitrogens with one attached hydrogen (secondary N) is 1. The number of ketones is 1. The smallest absolute Gasteiger partial charge is 0.384 e. The number of carbonyl (C=O) groups excluding carboxylic acids is 2. The second-order valence-corrected chi connectivity index (χ2v) is 8.71. The first-order chi connectivity index (χ1) is 14.1. The Morgan fingerprint density at radius 2 is 1.87 bits per heavy atom. The summed E-state index contributed by atoms with van der Waals surface area (Å²) in [4.78, 5) is 39.8. The van der Waals surface area contributed by atoms with Gasteiger partial charge in [0.25, 0.3) is 11.8 Å². The Kier molecular flexibility index (Phi) is 8.11. The Morgan fingerprint density at radius 3 is 2.47 bits per heavy atom. The molecule has 0 saturated heterocycles. The Labute approximate surface area is 177 Å². The lowest BCUT2D eigenvalue weighted by Gasteiger charge is -2.18. The lowest BCUT2D eigenvalue weighted by Crippen LogP contribution is -2.42. The third-order valence-electron chi connectivity index (χ3n) is 4.37. The van der Waals surface area contributed by atoms with Crippen LogP contribution in [0.3, 0.4) is 0 Å². The van der Waals surface area contributed by atoms with E-state index in [1.807, 2.05) is 64.9 Å². The van der Waals surface area contributed by atoms with Crippen molar-refractivity contribution in [1.29, 1.82) is 0 Å². The first-order valence-corrected chi connectivity index (χ1v) is 10.2. The molecule has 2 aromatic rings. The predicted molar refractivity (Wildman–Crippen MR) is 114 cm³/mol. The summed E-state index contributed by atoms with van der Waals surface area (Å²) in [5, 5.41) is 6.84. The van der Waals surface area contributed by atoms with Gasteiger partial charge in [-0.25, -0.2) is 4.79 Å². The molecule has 1 N–H and O–H groups in total. The molecule has 30 heavy (non-hydrogen) atoms. The molecule has 8 heteroatoms. The lowest BCUT2D eigenvalue weighted by molar-refractivity contribution is 0.0824. The van der Waals surface area contributed by atoms with Crippen molar-refractivity contribution in [3.05, 3.63) is 51.8 Å². The van der Waals surface area contributed by atoms with Crippen LogP contribution < -0.4 is 11.1 Å². The Bertz CT molecular complexity index is 927. The molecule has 1 heterocycles. The average Bonchev–Trinajstić information content (AvgIpc) is 2.99. The summed E-state index contributed by atoms with van der Waals surface area (Å²) in [6.45, 7) is 8.85. The number of amides is 1. The molecule has 1 unspecified atom stereocenters. The van der Waals surface area contributed by atoms with Gasteiger partial charge in [0.15, 0.2) is 0 Å². The maximum Gasteiger partial charge on any atom is 0.437 e. The van der Waals surface area contributed by atoms with Crippen LogP contribution in [0.1, 0.15) is 60.7 Å². The largest absolute Gasteiger partial charge is 0.437 e. The molecule has 0 aliphatic heterocycles. The van der Waals surface area contributed by atoms with Gasteiger partial charge in [0.1, 0.15) is 0 Å². The van der Waals surface area contributed by atoms with E-state index in [1.54, 1.807) is 6.07 Å². The second-order valence-electron chi connectivity index (χ2n) is 8.71. The quantitative estimate of drug-likeness (QED) is 0.598. The fraction of sp³-hybridized carbons (Fsp3) is 0.545. The molecule has 1 atom stereocenters. The molecule has 0 spiro atoms. The van der Waals surface area contributed by atoms with E-state index in [4.69, 9.17) is 4.42 Å². The van der Waals surface area contributed by atoms with Crippen LogP contribution in [0.4, 0.5) is 0 Å². The highest BCUT2D eigenvalue weighted by atomic mass is 16.4. The van der Waals surface area contributed by atoms with Gasteiger partial charge in [0.2, 0.25) is 5.78 Å². The van der Waals surface area contributed by atoms with Crippen LogP contribution in [0.25, 0.3) is 0 Å². The van der Waals surface area contributed by atoms with E-state index in [9.17, 15) is 14.4 Å². The van der Waals surface area contributed by atoms with Crippen molar-refractivity contribution < 1.29 is 14.0 Å². The standard InChI is InChI=1S/C22H32N4O4/c1-14(2)10-18(19(27)21-24-26(12-15(3)4)22(29)30-21)23-20(28)17-9-7-8-16(11-17)13-25(5)6/h7-9,11,14-15,18H,10,12-13H2,1-6H3,(H,23,28). The van der Waals surface area contributed by atoms with E-state index >= 15 is 0 Å². The van der Waals surface area contributed by atoms with Crippen LogP contribution in [-0.2, 0) is 13.1 Å². The highest BCUT2D eigenvalue weighted by Gasteiger charge is 2.28. The van der Waals surface area contributed by atoms with Gasteiger partial charge in [-0.3, -0.25) is 9.59 Å². The highest BCUT2D eigenvalue weighted by molar-refractivity contribution is 6.02. The van der Waals surface area contributed by atoms with Crippen molar-refractivity contribution in [3.8, 4) is 0 Å². The summed E-state index contributed by atoms with van der Waals surface area (Å²) in [5.41, 5.74) is 1.47. The normalized spacial score (nSPS) is 12.6. The minimum Gasteiger partial charge on any atom is -0.384 e. The highest BCUT2D eigenvalue weighted by Crippen LogP contribution is 2.13. The molecular formula is C22H32N4O4. The lowest BCUT2D eigenvalue weighted by atomic mass is 9.99. The zero-order valence-corrected chi connectivity index (χ0v) is 18.6. The minimum absolute atomic E-state index is 0.142. The Hall–Kier alpha value is -2.74. The number of hydrogen-bond donors (Lipinski definition) is 1. The third-order valence-corrected chi connectivity index (χ3v) is 4.37. The number of hydrogen-bond acceptors (Lipinski definition) is 6. The summed E-state index contributed by atoms with van der Waals surface area (Å²) in [5.74, 6) is -1.47. The molecule has 0 saturated carbocycles. The fourth-order valence-corrected chi connectivity index (χ4v) is 3.14. The van der Waals surface area contributed by atoms with Crippen molar-refractivity contribution in [3.63, 3.8) is 0 Å². The topological polar surface area (TPSA) is 97.4 Å². The molecular weight excluding hydrogens is 384 g/mol. The zero-order valence-electron chi connectivity index (χ0n) is 18.6. The number of Topliss-reactive ketones (excluding diaryl/α,β-unsaturated/α-hetero) is 1. The summed E-state index contributed by atoms with van der Waals surface area (Å²) in [7, 11) is 3.91. The van der Waals surface area contributed by atoms with Crippen LogP contribution in [0.15, 0.2) is 33.5 Å². The number of rotatable bonds is 10. The van der Waals surface area contributed by atoms with Gasteiger partial charge in [-0.2, -0.15) is 4.68 Å². The number of nitrogens with zero attached hydrogens (tertiary/aromatic N) is 3. The van der Waals surface area contributed by atoms with Crippen molar-refractivity contribution in [2.45, 2.75) is 53.2 Å². The molecule has 0 fully saturated rings. The molecule has 8 nitrogen and oxygen atoms in total. The van der Waals surface area contributed by atoms with Crippen molar-refractivity contribution in [2.24, 2.45) is 11.8 Å². The molecule has 0 aliphatic rings. The van der Waals surface area contributed by atoms with Crippen LogP contribution >= 0.6 is 0 Å². The van der Waals surface area contributed by atoms with E-state index in [0.29, 0.717) is 25.1 Å². The summed E-state index contributed by atoms with van der Waals surface area (Å²) < 4.78 is 6.23. The minimum atomic E-state index is -0.833. The SMILES string of the molecule is CC(C)CC(NC(=O)c1cccc(CN(C)C)c1)C(=O)c1nn(CC(C)C)c(=O)o1. The van der Waals surface area contributed by atoms with Crippen LogP contribution in [0, 0.1) is 11.8 Å². The van der Waals surface area contributed by atoms with Crippen LogP contribution in [0.5, 0.6) is 0 Å². The monoisotopic (exact) mass is 416 g/mol. The summed E-state index contributed by atoms with van der Waals surface area (Å²) in [6.07, 6.45) is 0.405. The maximum absolute atomic E-state index is 13.0. The third kappa shape index (κ3) is 6.66. The molecule has 0 bridgehead atoms. The van der Waals surface area contributed by atoms with E-state index in [0.717, 1.165) is 10.2 Å². The zero-order chi connectivity index (χ0) is 22.4. The van der Waals surface area contributed by atoms with E-state index in [1.165, 1.54) is 0 Å². The first kappa shape index (κ1) is 23.5. The van der Waals surface area contributed by atoms with E-state index in [-0.39, 0.29) is 23.6 Å². The van der Waals surface area contributed by atoms with E-state index < -0.39 is 17.6 Å². The number of benzene rings is 1. The van der Waals surface area contributed by atoms with Gasteiger partial charge in [-0.05, 0) is 50.0 Å². The Morgan fingerprint density at radius 1 is 1.17 bits per heavy atom. The van der Waals surface area contributed by atoms with Crippen molar-refractivity contribution >= 4 is 11.7 Å². The van der Waals surface area contributed by atoms with Crippen LogP contribution in [-0.4, -0.2) is 46.5 Å². The van der Waals surface area contributed by atoms with Gasteiger partial charge >= 0.3 is 5.76 Å². The molecule has 1 aromatic heterocycles. The molecule has 1 aromatic carbocycles. The van der Waals surface area contributed by atoms with Crippen LogP contribution in [0.2, 0.25) is 0 Å². The van der Waals surface area contributed by atoms with E-state index in [2.05, 4.69) is 10.4 Å². The number of carbonyl (C=O) groups is 2. The molecule has 0 radical (unpaired) electrons. The van der Waals surface area contributed by atoms with Crippen molar-refractivity contribution in [2.75, 3.05) is 14.1 Å². The summed E-state index contributed by atoms with van der Waals surface area (Å²) in [6, 6.07) is 6.45. The van der Waals surface area contributed by atoms with Crippen molar-refractivity contribution in [1.82, 2.24) is 20.0 Å².